The van der Waals surface area contributed by atoms with Crippen LogP contribution in [0.1, 0.15) is 0 Å². The van der Waals surface area contributed by atoms with Gasteiger partial charge in [-0.3, -0.25) is 15.0 Å². The first-order valence-corrected chi connectivity index (χ1v) is 5.17. The molecule has 0 bridgehead atoms. The number of hydrogen-bond donors (Lipinski definition) is 1. The first kappa shape index (κ1) is 11.3. The summed E-state index contributed by atoms with van der Waals surface area (Å²) >= 11 is 0. The highest BCUT2D eigenvalue weighted by atomic mass is 16.5. The smallest absolute Gasteiger partial charge is 0.233 e. The predicted molar refractivity (Wildman–Crippen MR) is 61.8 cm³/mol. The molecule has 1 amide bonds. The average molecular weight is 232 g/mol. The maximum Gasteiger partial charge on any atom is 0.233 e. The van der Waals surface area contributed by atoms with Crippen molar-refractivity contribution in [2.75, 3.05) is 13.2 Å². The fourth-order valence-electron chi connectivity index (χ4n) is 1.52. The van der Waals surface area contributed by atoms with Gasteiger partial charge in [0, 0.05) is 23.2 Å². The molecule has 2 aromatic rings. The van der Waals surface area contributed by atoms with Crippen LogP contribution in [0.15, 0.2) is 36.7 Å². The van der Waals surface area contributed by atoms with Crippen LogP contribution in [0, 0.1) is 0 Å². The maximum atomic E-state index is 10.2. The lowest BCUT2D eigenvalue weighted by atomic mass is 10.1. The summed E-state index contributed by atoms with van der Waals surface area (Å²) in [5, 5.41) is 11.4. The van der Waals surface area contributed by atoms with Gasteiger partial charge in [-0.05, 0) is 12.1 Å². The van der Waals surface area contributed by atoms with Crippen molar-refractivity contribution in [2.24, 2.45) is 0 Å². The number of carbonyl (C=O) groups excluding carboxylic acids is 1. The van der Waals surface area contributed by atoms with E-state index in [1.165, 1.54) is 0 Å². The molecule has 0 atom stereocenters. The number of carbonyl (C=O) groups is 1. The van der Waals surface area contributed by atoms with Crippen LogP contribution in [-0.2, 0) is 4.79 Å². The van der Waals surface area contributed by atoms with Crippen LogP contribution < -0.4 is 4.74 Å². The summed E-state index contributed by atoms with van der Waals surface area (Å²) in [7, 11) is 0. The second kappa shape index (κ2) is 5.27. The van der Waals surface area contributed by atoms with Crippen LogP contribution in [0.25, 0.3) is 10.8 Å². The molecule has 2 rings (SSSR count). The fourth-order valence-corrected chi connectivity index (χ4v) is 1.52. The Bertz CT molecular complexity index is 511. The highest BCUT2D eigenvalue weighted by Crippen LogP contribution is 2.24. The third kappa shape index (κ3) is 2.70. The fraction of sp³-hybridized carbons (Fsp3) is 0.167. The molecule has 1 aromatic carbocycles. The van der Waals surface area contributed by atoms with Crippen molar-refractivity contribution in [3.63, 3.8) is 0 Å². The SMILES string of the molecule is O=CN(O)CCOc1cccc2cnccc12. The molecule has 0 fully saturated rings. The molecular formula is C12H12N2O3. The molecule has 0 saturated heterocycles. The molecule has 0 aliphatic heterocycles. The van der Waals surface area contributed by atoms with Gasteiger partial charge in [-0.25, -0.2) is 5.06 Å². The second-order valence-electron chi connectivity index (χ2n) is 3.47. The van der Waals surface area contributed by atoms with Gasteiger partial charge in [0.15, 0.2) is 0 Å². The standard InChI is InChI=1S/C12H12N2O3/c15-9-14(16)6-7-17-12-3-1-2-10-8-13-5-4-11(10)12/h1-5,8-9,16H,6-7H2. The molecular weight excluding hydrogens is 220 g/mol. The number of fused-ring (bicyclic) bond motifs is 1. The van der Waals surface area contributed by atoms with Crippen LogP contribution in [0.4, 0.5) is 0 Å². The van der Waals surface area contributed by atoms with Crippen LogP contribution in [0.2, 0.25) is 0 Å². The highest BCUT2D eigenvalue weighted by molar-refractivity contribution is 5.87. The largest absolute Gasteiger partial charge is 0.491 e. The minimum Gasteiger partial charge on any atom is -0.491 e. The molecule has 88 valence electrons. The van der Waals surface area contributed by atoms with Gasteiger partial charge >= 0.3 is 0 Å². The number of pyridine rings is 1. The summed E-state index contributed by atoms with van der Waals surface area (Å²) in [6.45, 7) is 0.363. The molecule has 0 aliphatic carbocycles. The zero-order valence-electron chi connectivity index (χ0n) is 9.11. The minimum absolute atomic E-state index is 0.130. The topological polar surface area (TPSA) is 62.7 Å². The van der Waals surface area contributed by atoms with Gasteiger partial charge < -0.3 is 4.74 Å². The predicted octanol–water partition coefficient (Wildman–Crippen LogP) is 1.46. The van der Waals surface area contributed by atoms with Crippen molar-refractivity contribution in [1.29, 1.82) is 0 Å². The maximum absolute atomic E-state index is 10.2. The average Bonchev–Trinajstić information content (AvgIpc) is 2.39. The summed E-state index contributed by atoms with van der Waals surface area (Å²) in [5.74, 6) is 0.712. The van der Waals surface area contributed by atoms with Crippen LogP contribution in [0.3, 0.4) is 0 Å². The quantitative estimate of drug-likeness (QED) is 0.481. The number of rotatable bonds is 5. The van der Waals surface area contributed by atoms with Gasteiger partial charge in [-0.15, -0.1) is 0 Å². The second-order valence-corrected chi connectivity index (χ2v) is 3.47. The number of amides is 1. The Labute approximate surface area is 98.2 Å². The van der Waals surface area contributed by atoms with Crippen molar-refractivity contribution in [3.05, 3.63) is 36.7 Å². The van der Waals surface area contributed by atoms with Crippen LogP contribution in [-0.4, -0.2) is 34.8 Å². The van der Waals surface area contributed by atoms with E-state index in [4.69, 9.17) is 9.94 Å². The van der Waals surface area contributed by atoms with Gasteiger partial charge in [0.25, 0.3) is 0 Å². The summed E-state index contributed by atoms with van der Waals surface area (Å²) < 4.78 is 5.50. The summed E-state index contributed by atoms with van der Waals surface area (Å²) in [6.07, 6.45) is 3.79. The van der Waals surface area contributed by atoms with Crippen molar-refractivity contribution in [2.45, 2.75) is 0 Å². The molecule has 0 unspecified atom stereocenters. The third-order valence-corrected chi connectivity index (χ3v) is 2.34. The van der Waals surface area contributed by atoms with E-state index in [1.54, 1.807) is 12.4 Å². The van der Waals surface area contributed by atoms with Crippen molar-refractivity contribution in [3.8, 4) is 5.75 Å². The molecule has 5 heteroatoms. The Kier molecular flexibility index (Phi) is 3.52. The Morgan fingerprint density at radius 2 is 2.29 bits per heavy atom. The van der Waals surface area contributed by atoms with Crippen molar-refractivity contribution >= 4 is 17.2 Å². The van der Waals surface area contributed by atoms with Gasteiger partial charge in [-0.2, -0.15) is 0 Å². The first-order chi connectivity index (χ1) is 8.31. The number of benzene rings is 1. The van der Waals surface area contributed by atoms with Crippen LogP contribution >= 0.6 is 0 Å². The Morgan fingerprint density at radius 1 is 1.41 bits per heavy atom. The molecule has 1 heterocycles. The van der Waals surface area contributed by atoms with Crippen molar-refractivity contribution in [1.82, 2.24) is 10.0 Å². The van der Waals surface area contributed by atoms with E-state index in [1.807, 2.05) is 24.3 Å². The highest BCUT2D eigenvalue weighted by Gasteiger charge is 2.02. The first-order valence-electron chi connectivity index (χ1n) is 5.17. The Balaban J connectivity index is 2.10. The molecule has 1 aromatic heterocycles. The molecule has 0 aliphatic rings. The molecule has 5 nitrogen and oxygen atoms in total. The Morgan fingerprint density at radius 3 is 3.12 bits per heavy atom. The van der Waals surface area contributed by atoms with Crippen LogP contribution in [0.5, 0.6) is 5.75 Å². The molecule has 17 heavy (non-hydrogen) atoms. The summed E-state index contributed by atoms with van der Waals surface area (Å²) in [6, 6.07) is 7.51. The molecule has 1 N–H and O–H groups in total. The van der Waals surface area contributed by atoms with E-state index in [2.05, 4.69) is 4.98 Å². The number of nitrogens with zero attached hydrogens (tertiary/aromatic N) is 2. The van der Waals surface area contributed by atoms with Crippen molar-refractivity contribution < 1.29 is 14.7 Å². The summed E-state index contributed by atoms with van der Waals surface area (Å²) in [4.78, 5) is 14.2. The Hall–Kier alpha value is -2.14. The molecule has 0 saturated carbocycles. The number of hydroxylamine groups is 2. The lowest BCUT2D eigenvalue weighted by Gasteiger charge is -2.11. The third-order valence-electron chi connectivity index (χ3n) is 2.34. The normalized spacial score (nSPS) is 10.2. The lowest BCUT2D eigenvalue weighted by Crippen LogP contribution is -2.23. The van der Waals surface area contributed by atoms with E-state index < -0.39 is 0 Å². The zero-order valence-corrected chi connectivity index (χ0v) is 9.11. The zero-order chi connectivity index (χ0) is 12.1. The number of hydrogen-bond acceptors (Lipinski definition) is 4. The van der Waals surface area contributed by atoms with E-state index >= 15 is 0 Å². The molecule has 0 radical (unpaired) electrons. The van der Waals surface area contributed by atoms with Gasteiger partial charge in [0.1, 0.15) is 12.4 Å². The number of ether oxygens (including phenoxy) is 1. The van der Waals surface area contributed by atoms with Gasteiger partial charge in [0.05, 0.1) is 6.54 Å². The van der Waals surface area contributed by atoms with Gasteiger partial charge in [-0.1, -0.05) is 12.1 Å². The number of aromatic nitrogens is 1. The monoisotopic (exact) mass is 232 g/mol. The summed E-state index contributed by atoms with van der Waals surface area (Å²) in [5.41, 5.74) is 0. The minimum atomic E-state index is 0.130. The lowest BCUT2D eigenvalue weighted by molar-refractivity contribution is -0.150. The molecule has 0 spiro atoms. The van der Waals surface area contributed by atoms with Gasteiger partial charge in [0.2, 0.25) is 6.41 Å². The van der Waals surface area contributed by atoms with E-state index in [0.717, 1.165) is 10.8 Å². The van der Waals surface area contributed by atoms with E-state index in [0.29, 0.717) is 17.2 Å². The van der Waals surface area contributed by atoms with E-state index in [9.17, 15) is 4.79 Å². The van der Waals surface area contributed by atoms with E-state index in [-0.39, 0.29) is 13.2 Å².